The minimum absolute atomic E-state index is 0.626. The number of aromatic amines is 1. The van der Waals surface area contributed by atoms with Gasteiger partial charge >= 0.3 is 0 Å². The first kappa shape index (κ1) is 8.29. The molecule has 0 atom stereocenters. The fraction of sp³-hybridized carbons (Fsp3) is 0.0833. The Morgan fingerprint density at radius 1 is 1.27 bits per heavy atom. The maximum atomic E-state index is 10.7. The fourth-order valence-corrected chi connectivity index (χ4v) is 2.11. The molecule has 0 saturated carbocycles. The number of aromatic nitrogens is 2. The van der Waals surface area contributed by atoms with Gasteiger partial charge < -0.3 is 9.55 Å². The van der Waals surface area contributed by atoms with Crippen molar-refractivity contribution in [2.24, 2.45) is 7.05 Å². The van der Waals surface area contributed by atoms with Crippen LogP contribution >= 0.6 is 0 Å². The molecule has 74 valence electrons. The van der Waals surface area contributed by atoms with Gasteiger partial charge in [-0.1, -0.05) is 18.2 Å². The summed E-state index contributed by atoms with van der Waals surface area (Å²) in [5.74, 6) is 0. The summed E-state index contributed by atoms with van der Waals surface area (Å²) in [6.45, 7) is 0. The van der Waals surface area contributed by atoms with E-state index in [-0.39, 0.29) is 0 Å². The van der Waals surface area contributed by atoms with E-state index in [1.165, 1.54) is 10.9 Å². The Hall–Kier alpha value is -2.03. The molecule has 1 aromatic carbocycles. The largest absolute Gasteiger partial charge is 0.338 e. The molecule has 1 N–H and O–H groups in total. The van der Waals surface area contributed by atoms with Crippen molar-refractivity contribution in [1.29, 1.82) is 0 Å². The van der Waals surface area contributed by atoms with Crippen molar-refractivity contribution in [2.75, 3.05) is 0 Å². The van der Waals surface area contributed by atoms with Crippen molar-refractivity contribution in [1.82, 2.24) is 9.55 Å². The maximum Gasteiger partial charge on any atom is 0.166 e. The summed E-state index contributed by atoms with van der Waals surface area (Å²) in [6.07, 6.45) is 0.842. The van der Waals surface area contributed by atoms with E-state index in [4.69, 9.17) is 0 Å². The zero-order valence-electron chi connectivity index (χ0n) is 8.32. The normalized spacial score (nSPS) is 11.3. The van der Waals surface area contributed by atoms with Gasteiger partial charge in [0, 0.05) is 23.3 Å². The third-order valence-electron chi connectivity index (χ3n) is 2.84. The number of hydrogen-bond donors (Lipinski definition) is 1. The van der Waals surface area contributed by atoms with Crippen molar-refractivity contribution < 1.29 is 4.79 Å². The van der Waals surface area contributed by atoms with E-state index in [0.29, 0.717) is 5.69 Å². The van der Waals surface area contributed by atoms with E-state index in [2.05, 4.69) is 21.7 Å². The third-order valence-corrected chi connectivity index (χ3v) is 2.84. The summed E-state index contributed by atoms with van der Waals surface area (Å²) in [6, 6.07) is 10.1. The lowest BCUT2D eigenvalue weighted by Gasteiger charge is -1.95. The molecule has 0 saturated heterocycles. The number of H-pyrrole nitrogens is 1. The summed E-state index contributed by atoms with van der Waals surface area (Å²) < 4.78 is 2.07. The molecule has 15 heavy (non-hydrogen) atoms. The summed E-state index contributed by atoms with van der Waals surface area (Å²) in [5, 5.41) is 2.29. The number of nitrogens with one attached hydrogen (secondary N) is 1. The molecular formula is C12H10N2O. The lowest BCUT2D eigenvalue weighted by Crippen LogP contribution is -1.88. The lowest BCUT2D eigenvalue weighted by molar-refractivity contribution is 0.111. The number of nitrogens with zero attached hydrogens (tertiary/aromatic N) is 1. The predicted molar refractivity (Wildman–Crippen MR) is 60.2 cm³/mol. The van der Waals surface area contributed by atoms with Crippen molar-refractivity contribution in [3.63, 3.8) is 0 Å². The van der Waals surface area contributed by atoms with Crippen molar-refractivity contribution in [2.45, 2.75) is 0 Å². The monoisotopic (exact) mass is 198 g/mol. The van der Waals surface area contributed by atoms with E-state index in [0.717, 1.165) is 17.3 Å². The number of aryl methyl sites for hydroxylation is 1. The zero-order valence-corrected chi connectivity index (χ0v) is 8.32. The topological polar surface area (TPSA) is 37.8 Å². The van der Waals surface area contributed by atoms with Gasteiger partial charge in [0.1, 0.15) is 5.65 Å². The van der Waals surface area contributed by atoms with Crippen LogP contribution in [0.3, 0.4) is 0 Å². The van der Waals surface area contributed by atoms with Crippen molar-refractivity contribution in [3.8, 4) is 0 Å². The van der Waals surface area contributed by atoms with E-state index < -0.39 is 0 Å². The van der Waals surface area contributed by atoms with Crippen LogP contribution in [-0.4, -0.2) is 15.8 Å². The summed E-state index contributed by atoms with van der Waals surface area (Å²) in [7, 11) is 2.00. The molecule has 0 amide bonds. The third kappa shape index (κ3) is 0.973. The average molecular weight is 198 g/mol. The second kappa shape index (κ2) is 2.73. The van der Waals surface area contributed by atoms with E-state index in [9.17, 15) is 4.79 Å². The Morgan fingerprint density at radius 3 is 2.87 bits per heavy atom. The molecule has 2 heterocycles. The van der Waals surface area contributed by atoms with Crippen LogP contribution in [0.5, 0.6) is 0 Å². The zero-order chi connectivity index (χ0) is 10.4. The van der Waals surface area contributed by atoms with E-state index >= 15 is 0 Å². The molecule has 3 nitrogen and oxygen atoms in total. The van der Waals surface area contributed by atoms with Crippen LogP contribution in [0.2, 0.25) is 0 Å². The Kier molecular flexibility index (Phi) is 1.51. The molecule has 0 unspecified atom stereocenters. The molecule has 0 aliphatic carbocycles. The molecule has 0 spiro atoms. The number of hydrogen-bond acceptors (Lipinski definition) is 1. The second-order valence-corrected chi connectivity index (χ2v) is 3.68. The highest BCUT2D eigenvalue weighted by atomic mass is 16.1. The smallest absolute Gasteiger partial charge is 0.166 e. The van der Waals surface area contributed by atoms with Gasteiger partial charge in [-0.2, -0.15) is 0 Å². The standard InChI is InChI=1S/C12H10N2O/c1-14-11-5-3-2-4-9(11)10-6-8(7-15)13-12(10)14/h2-7,13H,1H3. The first-order valence-electron chi connectivity index (χ1n) is 4.82. The number of carbonyl (C=O) groups is 1. The Morgan fingerprint density at radius 2 is 2.07 bits per heavy atom. The highest BCUT2D eigenvalue weighted by Crippen LogP contribution is 2.27. The van der Waals surface area contributed by atoms with Gasteiger partial charge in [-0.3, -0.25) is 4.79 Å². The first-order valence-corrected chi connectivity index (χ1v) is 4.82. The number of fused-ring (bicyclic) bond motifs is 3. The highest BCUT2D eigenvalue weighted by molar-refractivity contribution is 6.08. The van der Waals surface area contributed by atoms with Gasteiger partial charge in [0.25, 0.3) is 0 Å². The van der Waals surface area contributed by atoms with Crippen LogP contribution in [0.25, 0.3) is 21.9 Å². The number of para-hydroxylation sites is 1. The van der Waals surface area contributed by atoms with Gasteiger partial charge in [-0.05, 0) is 12.1 Å². The van der Waals surface area contributed by atoms with Crippen molar-refractivity contribution in [3.05, 3.63) is 36.0 Å². The minimum atomic E-state index is 0.626. The molecule has 0 aliphatic rings. The molecular weight excluding hydrogens is 188 g/mol. The fourth-order valence-electron chi connectivity index (χ4n) is 2.11. The van der Waals surface area contributed by atoms with Crippen molar-refractivity contribution >= 4 is 28.2 Å². The Balaban J connectivity index is 2.57. The summed E-state index contributed by atoms with van der Waals surface area (Å²) in [4.78, 5) is 13.8. The van der Waals surface area contributed by atoms with Gasteiger partial charge in [-0.25, -0.2) is 0 Å². The van der Waals surface area contributed by atoms with Gasteiger partial charge in [0.15, 0.2) is 6.29 Å². The van der Waals surface area contributed by atoms with Crippen LogP contribution in [0.4, 0.5) is 0 Å². The second-order valence-electron chi connectivity index (χ2n) is 3.68. The number of aldehydes is 1. The molecule has 0 aliphatic heterocycles. The van der Waals surface area contributed by atoms with Crippen LogP contribution in [0.15, 0.2) is 30.3 Å². The molecule has 0 bridgehead atoms. The molecule has 3 heteroatoms. The maximum absolute atomic E-state index is 10.7. The van der Waals surface area contributed by atoms with Crippen LogP contribution < -0.4 is 0 Å². The number of rotatable bonds is 1. The molecule has 3 aromatic rings. The van der Waals surface area contributed by atoms with Crippen LogP contribution in [-0.2, 0) is 7.05 Å². The highest BCUT2D eigenvalue weighted by Gasteiger charge is 2.09. The molecule has 0 radical (unpaired) electrons. The Bertz CT molecular complexity index is 661. The van der Waals surface area contributed by atoms with Gasteiger partial charge in [0.2, 0.25) is 0 Å². The average Bonchev–Trinajstić information content (AvgIpc) is 2.80. The quantitative estimate of drug-likeness (QED) is 0.599. The van der Waals surface area contributed by atoms with Gasteiger partial charge in [0.05, 0.1) is 5.69 Å². The summed E-state index contributed by atoms with van der Waals surface area (Å²) in [5.41, 5.74) is 2.80. The minimum Gasteiger partial charge on any atom is -0.338 e. The molecule has 3 rings (SSSR count). The summed E-state index contributed by atoms with van der Waals surface area (Å²) >= 11 is 0. The Labute approximate surface area is 86.3 Å². The number of carbonyl (C=O) groups excluding carboxylic acids is 1. The first-order chi connectivity index (χ1) is 7.31. The predicted octanol–water partition coefficient (Wildman–Crippen LogP) is 2.47. The van der Waals surface area contributed by atoms with E-state index in [1.54, 1.807) is 0 Å². The van der Waals surface area contributed by atoms with Crippen LogP contribution in [0, 0.1) is 0 Å². The van der Waals surface area contributed by atoms with Crippen LogP contribution in [0.1, 0.15) is 10.5 Å². The lowest BCUT2D eigenvalue weighted by atomic mass is 10.2. The van der Waals surface area contributed by atoms with Gasteiger partial charge in [-0.15, -0.1) is 0 Å². The molecule has 2 aromatic heterocycles. The van der Waals surface area contributed by atoms with E-state index in [1.807, 2.05) is 25.2 Å². The SMILES string of the molecule is Cn1c2ccccc2c2cc(C=O)[nH]c21. The number of benzene rings is 1. The molecule has 0 fully saturated rings.